The number of carbonyl (C=O) groups excluding carboxylic acids is 1. The van der Waals surface area contributed by atoms with Crippen LogP contribution in [0.4, 0.5) is 0 Å². The van der Waals surface area contributed by atoms with Gasteiger partial charge in [-0.15, -0.1) is 0 Å². The molecule has 0 radical (unpaired) electrons. The third-order valence-corrected chi connectivity index (χ3v) is 7.13. The lowest BCUT2D eigenvalue weighted by molar-refractivity contribution is 0.0732. The zero-order chi connectivity index (χ0) is 23.0. The van der Waals surface area contributed by atoms with E-state index < -0.39 is 9.84 Å². The first-order valence-electron chi connectivity index (χ1n) is 10.6. The molecule has 1 aliphatic heterocycles. The van der Waals surface area contributed by atoms with E-state index in [-0.39, 0.29) is 10.8 Å². The third kappa shape index (κ3) is 4.41. The first kappa shape index (κ1) is 22.1. The molecule has 0 saturated heterocycles. The molecule has 1 amide bonds. The van der Waals surface area contributed by atoms with Crippen molar-refractivity contribution in [3.63, 3.8) is 0 Å². The Bertz CT molecular complexity index is 1310. The molecule has 0 aliphatic carbocycles. The van der Waals surface area contributed by atoms with Gasteiger partial charge in [0.05, 0.1) is 11.4 Å². The van der Waals surface area contributed by atoms with E-state index in [0.29, 0.717) is 30.8 Å². The molecule has 32 heavy (non-hydrogen) atoms. The van der Waals surface area contributed by atoms with Crippen LogP contribution in [0.2, 0.25) is 0 Å². The molecule has 0 atom stereocenters. The van der Waals surface area contributed by atoms with Gasteiger partial charge in [-0.05, 0) is 78.9 Å². The van der Waals surface area contributed by atoms with Crippen molar-refractivity contribution < 1.29 is 17.9 Å². The van der Waals surface area contributed by atoms with Crippen molar-refractivity contribution in [2.75, 3.05) is 19.4 Å². The minimum Gasteiger partial charge on any atom is -0.491 e. The Hall–Kier alpha value is -3.12. The molecular formula is C26H27NO4S. The van der Waals surface area contributed by atoms with Crippen LogP contribution in [0.1, 0.15) is 32.6 Å². The highest BCUT2D eigenvalue weighted by molar-refractivity contribution is 7.90. The van der Waals surface area contributed by atoms with Crippen molar-refractivity contribution in [2.45, 2.75) is 32.2 Å². The van der Waals surface area contributed by atoms with Crippen molar-refractivity contribution in [2.24, 2.45) is 0 Å². The number of rotatable bonds is 3. The second kappa shape index (κ2) is 8.43. The van der Waals surface area contributed by atoms with E-state index in [2.05, 4.69) is 44.2 Å². The normalized spacial score (nSPS) is 13.8. The van der Waals surface area contributed by atoms with E-state index in [1.165, 1.54) is 23.4 Å². The van der Waals surface area contributed by atoms with Gasteiger partial charge in [0.1, 0.15) is 12.4 Å². The third-order valence-electron chi connectivity index (χ3n) is 6.02. The number of amides is 1. The second-order valence-electron chi connectivity index (χ2n) is 8.45. The van der Waals surface area contributed by atoms with Gasteiger partial charge in [-0.25, -0.2) is 8.42 Å². The predicted octanol–water partition coefficient (Wildman–Crippen LogP) is 4.72. The lowest BCUT2D eigenvalue weighted by Gasteiger charge is -2.21. The molecule has 1 aliphatic rings. The largest absolute Gasteiger partial charge is 0.491 e. The lowest BCUT2D eigenvalue weighted by Crippen LogP contribution is -2.33. The van der Waals surface area contributed by atoms with E-state index >= 15 is 0 Å². The molecule has 0 unspecified atom stereocenters. The molecule has 0 N–H and O–H groups in total. The van der Waals surface area contributed by atoms with Crippen molar-refractivity contribution in [3.05, 3.63) is 82.4 Å². The summed E-state index contributed by atoms with van der Waals surface area (Å²) in [6, 6.07) is 17.2. The number of hydrogen-bond acceptors (Lipinski definition) is 4. The second-order valence-corrected chi connectivity index (χ2v) is 10.5. The Kier molecular flexibility index (Phi) is 5.82. The number of fused-ring (bicyclic) bond motifs is 1. The fourth-order valence-electron chi connectivity index (χ4n) is 3.95. The van der Waals surface area contributed by atoms with Gasteiger partial charge in [0.15, 0.2) is 9.84 Å². The van der Waals surface area contributed by atoms with Gasteiger partial charge in [0.25, 0.3) is 5.91 Å². The van der Waals surface area contributed by atoms with Gasteiger partial charge < -0.3 is 9.64 Å². The number of carbonyl (C=O) groups is 1. The number of hydrogen-bond donors (Lipinski definition) is 0. The smallest absolute Gasteiger partial charge is 0.254 e. The number of sulfone groups is 1. The van der Waals surface area contributed by atoms with Crippen molar-refractivity contribution in [1.29, 1.82) is 0 Å². The van der Waals surface area contributed by atoms with Crippen LogP contribution in [0.3, 0.4) is 0 Å². The maximum Gasteiger partial charge on any atom is 0.254 e. The minimum atomic E-state index is -3.32. The topological polar surface area (TPSA) is 63.7 Å². The maximum atomic E-state index is 13.3. The molecule has 166 valence electrons. The van der Waals surface area contributed by atoms with Crippen LogP contribution in [0.15, 0.2) is 59.5 Å². The molecule has 0 aromatic heterocycles. The van der Waals surface area contributed by atoms with Crippen LogP contribution in [-0.4, -0.2) is 38.6 Å². The highest BCUT2D eigenvalue weighted by atomic mass is 32.2. The molecule has 0 bridgehead atoms. The van der Waals surface area contributed by atoms with E-state index in [1.54, 1.807) is 24.0 Å². The summed E-state index contributed by atoms with van der Waals surface area (Å²) >= 11 is 0. The summed E-state index contributed by atoms with van der Waals surface area (Å²) in [6.45, 7) is 7.26. The van der Waals surface area contributed by atoms with Gasteiger partial charge in [-0.2, -0.15) is 0 Å². The Labute approximate surface area is 189 Å². The molecule has 0 spiro atoms. The first-order valence-corrected chi connectivity index (χ1v) is 12.5. The van der Waals surface area contributed by atoms with Gasteiger partial charge in [-0.1, -0.05) is 24.3 Å². The zero-order valence-corrected chi connectivity index (χ0v) is 19.6. The molecule has 4 rings (SSSR count). The summed E-state index contributed by atoms with van der Waals surface area (Å²) in [4.78, 5) is 15.3. The molecule has 5 nitrogen and oxygen atoms in total. The SMILES string of the molecule is Cc1ccc(-c2ccc3c(c2)CN(C(=O)c2ccc(S(C)(=O)=O)cc2C)CCO3)cc1C. The quantitative estimate of drug-likeness (QED) is 0.581. The summed E-state index contributed by atoms with van der Waals surface area (Å²) < 4.78 is 29.6. The summed E-state index contributed by atoms with van der Waals surface area (Å²) in [5, 5.41) is 0. The average molecular weight is 450 g/mol. The van der Waals surface area contributed by atoms with E-state index in [1.807, 2.05) is 6.07 Å². The van der Waals surface area contributed by atoms with Gasteiger partial charge in [0, 0.05) is 23.9 Å². The number of aryl methyl sites for hydroxylation is 3. The van der Waals surface area contributed by atoms with Crippen molar-refractivity contribution in [3.8, 4) is 16.9 Å². The fraction of sp³-hybridized carbons (Fsp3) is 0.269. The summed E-state index contributed by atoms with van der Waals surface area (Å²) in [6.07, 6.45) is 1.17. The Morgan fingerprint density at radius 3 is 2.28 bits per heavy atom. The zero-order valence-electron chi connectivity index (χ0n) is 18.8. The maximum absolute atomic E-state index is 13.3. The van der Waals surface area contributed by atoms with Crippen LogP contribution >= 0.6 is 0 Å². The Balaban J connectivity index is 1.64. The number of benzene rings is 3. The van der Waals surface area contributed by atoms with Gasteiger partial charge >= 0.3 is 0 Å². The van der Waals surface area contributed by atoms with Crippen LogP contribution in [0.25, 0.3) is 11.1 Å². The minimum absolute atomic E-state index is 0.129. The highest BCUT2D eigenvalue weighted by Crippen LogP contribution is 2.31. The summed E-state index contributed by atoms with van der Waals surface area (Å²) in [5.41, 5.74) is 6.80. The Morgan fingerprint density at radius 1 is 0.875 bits per heavy atom. The average Bonchev–Trinajstić information content (AvgIpc) is 2.96. The van der Waals surface area contributed by atoms with E-state index in [9.17, 15) is 13.2 Å². The standard InChI is InChI=1S/C26H27NO4S/c1-17-5-6-20(13-18(17)2)21-7-10-25-22(15-21)16-27(11-12-31-25)26(28)24-9-8-23(14-19(24)3)32(4,29)30/h5-10,13-15H,11-12,16H2,1-4H3. The number of ether oxygens (including phenoxy) is 1. The van der Waals surface area contributed by atoms with Gasteiger partial charge in [-0.3, -0.25) is 4.79 Å². The lowest BCUT2D eigenvalue weighted by atomic mass is 9.98. The highest BCUT2D eigenvalue weighted by Gasteiger charge is 2.23. The molecular weight excluding hydrogens is 422 g/mol. The van der Waals surface area contributed by atoms with Crippen LogP contribution in [0, 0.1) is 20.8 Å². The molecule has 3 aromatic carbocycles. The summed E-state index contributed by atoms with van der Waals surface area (Å²) in [5.74, 6) is 0.660. The van der Waals surface area contributed by atoms with Gasteiger partial charge in [0.2, 0.25) is 0 Å². The van der Waals surface area contributed by atoms with E-state index in [4.69, 9.17) is 4.74 Å². The Morgan fingerprint density at radius 2 is 1.59 bits per heavy atom. The van der Waals surface area contributed by atoms with Crippen LogP contribution in [-0.2, 0) is 16.4 Å². The first-order chi connectivity index (χ1) is 15.1. The molecule has 1 heterocycles. The van der Waals surface area contributed by atoms with E-state index in [0.717, 1.165) is 22.4 Å². The van der Waals surface area contributed by atoms with Crippen LogP contribution in [0.5, 0.6) is 5.75 Å². The van der Waals surface area contributed by atoms with Crippen molar-refractivity contribution in [1.82, 2.24) is 4.90 Å². The monoisotopic (exact) mass is 449 g/mol. The predicted molar refractivity (Wildman–Crippen MR) is 126 cm³/mol. The molecule has 3 aromatic rings. The summed E-state index contributed by atoms with van der Waals surface area (Å²) in [7, 11) is -3.32. The number of nitrogens with zero attached hydrogens (tertiary/aromatic N) is 1. The van der Waals surface area contributed by atoms with Crippen molar-refractivity contribution >= 4 is 15.7 Å². The molecule has 0 fully saturated rings. The fourth-order valence-corrected chi connectivity index (χ4v) is 4.65. The van der Waals surface area contributed by atoms with Crippen LogP contribution < -0.4 is 4.74 Å². The molecule has 6 heteroatoms. The molecule has 0 saturated carbocycles.